The van der Waals surface area contributed by atoms with Gasteiger partial charge in [-0.05, 0) is 39.0 Å². The first-order valence-electron chi connectivity index (χ1n) is 10.2. The molecular weight excluding hydrogens is 332 g/mol. The first-order chi connectivity index (χ1) is 12.0. The zero-order chi connectivity index (χ0) is 19.9. The van der Waals surface area contributed by atoms with Gasteiger partial charge in [0.1, 0.15) is 11.7 Å². The molecular formula is C20H40N2O4. The Morgan fingerprint density at radius 2 is 1.77 bits per heavy atom. The van der Waals surface area contributed by atoms with E-state index in [1.165, 1.54) is 19.3 Å². The maximum absolute atomic E-state index is 12.1. The van der Waals surface area contributed by atoms with Gasteiger partial charge in [-0.1, -0.05) is 52.4 Å². The lowest BCUT2D eigenvalue weighted by atomic mass is 9.81. The molecule has 0 aromatic carbocycles. The van der Waals surface area contributed by atoms with Crippen molar-refractivity contribution in [2.24, 2.45) is 17.6 Å². The van der Waals surface area contributed by atoms with E-state index in [4.69, 9.17) is 10.5 Å². The zero-order valence-corrected chi connectivity index (χ0v) is 17.2. The molecule has 5 atom stereocenters. The number of alkyl carbamates (subject to hydrolysis) is 1. The van der Waals surface area contributed by atoms with Crippen molar-refractivity contribution in [1.82, 2.24) is 5.32 Å². The van der Waals surface area contributed by atoms with Gasteiger partial charge < -0.3 is 26.0 Å². The van der Waals surface area contributed by atoms with Crippen LogP contribution in [0.5, 0.6) is 0 Å². The smallest absolute Gasteiger partial charge is 0.407 e. The summed E-state index contributed by atoms with van der Waals surface area (Å²) in [4.78, 5) is 12.1. The average molecular weight is 373 g/mol. The molecule has 5 N–H and O–H groups in total. The molecule has 1 saturated carbocycles. The number of carbonyl (C=O) groups is 1. The normalized spacial score (nSPS) is 22.2. The zero-order valence-electron chi connectivity index (χ0n) is 17.2. The lowest BCUT2D eigenvalue weighted by molar-refractivity contribution is -0.0351. The Morgan fingerprint density at radius 1 is 1.19 bits per heavy atom. The van der Waals surface area contributed by atoms with E-state index in [9.17, 15) is 15.0 Å². The van der Waals surface area contributed by atoms with Gasteiger partial charge in [0.15, 0.2) is 0 Å². The molecule has 154 valence electrons. The van der Waals surface area contributed by atoms with E-state index in [1.807, 2.05) is 13.8 Å². The van der Waals surface area contributed by atoms with Crippen LogP contribution in [0.15, 0.2) is 0 Å². The highest BCUT2D eigenvalue weighted by Gasteiger charge is 2.36. The fourth-order valence-corrected chi connectivity index (χ4v) is 3.67. The Hall–Kier alpha value is -0.850. The summed E-state index contributed by atoms with van der Waals surface area (Å²) in [7, 11) is 0. The van der Waals surface area contributed by atoms with E-state index < -0.39 is 36.0 Å². The Kier molecular flexibility index (Phi) is 9.34. The second-order valence-electron chi connectivity index (χ2n) is 8.94. The molecule has 1 aliphatic carbocycles. The van der Waals surface area contributed by atoms with Crippen molar-refractivity contribution in [2.45, 2.75) is 109 Å². The third-order valence-electron chi connectivity index (χ3n) is 5.43. The third kappa shape index (κ3) is 7.80. The number of carbonyl (C=O) groups excluding carboxylic acids is 1. The summed E-state index contributed by atoms with van der Waals surface area (Å²) in [5.74, 6) is 0.496. The molecule has 1 amide bonds. The number of nitrogens with two attached hydrogens (primary N) is 1. The average Bonchev–Trinajstić information content (AvgIpc) is 2.57. The first kappa shape index (κ1) is 23.2. The topological polar surface area (TPSA) is 105 Å². The Balaban J connectivity index is 2.70. The Labute approximate surface area is 158 Å². The summed E-state index contributed by atoms with van der Waals surface area (Å²) < 4.78 is 5.30. The molecule has 0 saturated heterocycles. The molecule has 0 aromatic rings. The molecule has 1 rings (SSSR count). The standard InChI is InChI=1S/C20H40N2O4/c1-6-13(2)16(22-19(25)26-20(3,4)5)18(24)17(23)15(21)12-14-10-8-7-9-11-14/h13-18,23-24H,6-12,21H2,1-5H3,(H,22,25)/t13-,15-,16-,17-,18-/m0/s1. The quantitative estimate of drug-likeness (QED) is 0.524. The van der Waals surface area contributed by atoms with Crippen molar-refractivity contribution in [3.8, 4) is 0 Å². The highest BCUT2D eigenvalue weighted by Crippen LogP contribution is 2.28. The summed E-state index contributed by atoms with van der Waals surface area (Å²) in [5, 5.41) is 24.1. The van der Waals surface area contributed by atoms with Crippen molar-refractivity contribution in [3.63, 3.8) is 0 Å². The van der Waals surface area contributed by atoms with E-state index in [-0.39, 0.29) is 5.92 Å². The molecule has 0 aliphatic heterocycles. The molecule has 1 fully saturated rings. The molecule has 0 spiro atoms. The number of aliphatic hydroxyl groups excluding tert-OH is 2. The highest BCUT2D eigenvalue weighted by atomic mass is 16.6. The molecule has 0 heterocycles. The lowest BCUT2D eigenvalue weighted by Crippen LogP contribution is -2.57. The fourth-order valence-electron chi connectivity index (χ4n) is 3.67. The molecule has 1 aliphatic rings. The van der Waals surface area contributed by atoms with Gasteiger partial charge in [0.2, 0.25) is 0 Å². The molecule has 0 bridgehead atoms. The molecule has 6 heteroatoms. The third-order valence-corrected chi connectivity index (χ3v) is 5.43. The summed E-state index contributed by atoms with van der Waals surface area (Å²) >= 11 is 0. The van der Waals surface area contributed by atoms with Crippen LogP contribution in [0.3, 0.4) is 0 Å². The van der Waals surface area contributed by atoms with Crippen LogP contribution in [0.2, 0.25) is 0 Å². The lowest BCUT2D eigenvalue weighted by Gasteiger charge is -2.35. The minimum Gasteiger partial charge on any atom is -0.444 e. The summed E-state index contributed by atoms with van der Waals surface area (Å²) in [6.07, 6.45) is 4.64. The van der Waals surface area contributed by atoms with Crippen molar-refractivity contribution in [2.75, 3.05) is 0 Å². The largest absolute Gasteiger partial charge is 0.444 e. The van der Waals surface area contributed by atoms with Gasteiger partial charge in [-0.25, -0.2) is 4.79 Å². The van der Waals surface area contributed by atoms with E-state index >= 15 is 0 Å². The van der Waals surface area contributed by atoms with Crippen LogP contribution in [-0.2, 0) is 4.74 Å². The number of ether oxygens (including phenoxy) is 1. The van der Waals surface area contributed by atoms with Gasteiger partial charge in [-0.3, -0.25) is 0 Å². The molecule has 0 radical (unpaired) electrons. The summed E-state index contributed by atoms with van der Waals surface area (Å²) in [6, 6.07) is -1.11. The van der Waals surface area contributed by atoms with Gasteiger partial charge in [0.25, 0.3) is 0 Å². The van der Waals surface area contributed by atoms with Crippen LogP contribution in [0, 0.1) is 11.8 Å². The Bertz CT molecular complexity index is 419. The predicted molar refractivity (Wildman–Crippen MR) is 104 cm³/mol. The molecule has 0 aromatic heterocycles. The van der Waals surface area contributed by atoms with Crippen LogP contribution in [-0.4, -0.2) is 46.2 Å². The van der Waals surface area contributed by atoms with Crippen LogP contribution in [0.25, 0.3) is 0 Å². The van der Waals surface area contributed by atoms with Crippen LogP contribution >= 0.6 is 0 Å². The number of amides is 1. The second-order valence-corrected chi connectivity index (χ2v) is 8.94. The van der Waals surface area contributed by atoms with Crippen LogP contribution in [0.1, 0.15) is 79.6 Å². The highest BCUT2D eigenvalue weighted by molar-refractivity contribution is 5.68. The van der Waals surface area contributed by atoms with Crippen molar-refractivity contribution in [3.05, 3.63) is 0 Å². The van der Waals surface area contributed by atoms with E-state index in [1.54, 1.807) is 20.8 Å². The number of hydrogen-bond acceptors (Lipinski definition) is 5. The van der Waals surface area contributed by atoms with Crippen LogP contribution < -0.4 is 11.1 Å². The SMILES string of the molecule is CC[C@H](C)[C@H](NC(=O)OC(C)(C)C)[C@H](O)[C@@H](O)[C@@H](N)CC1CCCCC1. The minimum atomic E-state index is -1.13. The minimum absolute atomic E-state index is 0.0194. The first-order valence-corrected chi connectivity index (χ1v) is 10.2. The predicted octanol–water partition coefficient (Wildman–Crippen LogP) is 2.95. The van der Waals surface area contributed by atoms with Gasteiger partial charge in [0.05, 0.1) is 12.1 Å². The van der Waals surface area contributed by atoms with Crippen molar-refractivity contribution >= 4 is 6.09 Å². The van der Waals surface area contributed by atoms with E-state index in [0.29, 0.717) is 12.3 Å². The van der Waals surface area contributed by atoms with E-state index in [2.05, 4.69) is 5.32 Å². The van der Waals surface area contributed by atoms with Gasteiger partial charge in [-0.2, -0.15) is 0 Å². The molecule has 26 heavy (non-hydrogen) atoms. The summed E-state index contributed by atoms with van der Waals surface area (Å²) in [6.45, 7) is 9.28. The van der Waals surface area contributed by atoms with Crippen molar-refractivity contribution < 1.29 is 19.7 Å². The number of rotatable bonds is 8. The van der Waals surface area contributed by atoms with E-state index in [0.717, 1.165) is 19.3 Å². The van der Waals surface area contributed by atoms with Gasteiger partial charge in [0, 0.05) is 6.04 Å². The number of aliphatic hydroxyl groups is 2. The Morgan fingerprint density at radius 3 is 2.27 bits per heavy atom. The second kappa shape index (κ2) is 10.5. The van der Waals surface area contributed by atoms with Gasteiger partial charge >= 0.3 is 6.09 Å². The van der Waals surface area contributed by atoms with Crippen molar-refractivity contribution in [1.29, 1.82) is 0 Å². The molecule has 0 unspecified atom stereocenters. The number of hydrogen-bond donors (Lipinski definition) is 4. The fraction of sp³-hybridized carbons (Fsp3) is 0.950. The summed E-state index contributed by atoms with van der Waals surface area (Å²) in [5.41, 5.74) is 5.59. The monoisotopic (exact) mass is 372 g/mol. The van der Waals surface area contributed by atoms with Gasteiger partial charge in [-0.15, -0.1) is 0 Å². The maximum Gasteiger partial charge on any atom is 0.407 e. The number of nitrogens with one attached hydrogen (secondary N) is 1. The molecule has 6 nitrogen and oxygen atoms in total. The maximum atomic E-state index is 12.1. The van der Waals surface area contributed by atoms with Crippen LogP contribution in [0.4, 0.5) is 4.79 Å².